The van der Waals surface area contributed by atoms with Gasteiger partial charge in [-0.2, -0.15) is 0 Å². The average Bonchev–Trinajstić information content (AvgIpc) is 2.41. The number of carbonyl (C=O) groups excluding carboxylic acids is 1. The molecule has 0 saturated heterocycles. The Morgan fingerprint density at radius 2 is 1.61 bits per heavy atom. The fraction of sp³-hybridized carbons (Fsp3) is 0. The van der Waals surface area contributed by atoms with E-state index in [1.165, 1.54) is 6.21 Å². The molecule has 0 aliphatic rings. The molecule has 1 amide bonds. The van der Waals surface area contributed by atoms with Gasteiger partial charge in [0.25, 0.3) is 0 Å². The van der Waals surface area contributed by atoms with Crippen molar-refractivity contribution in [3.8, 4) is 0 Å². The van der Waals surface area contributed by atoms with Crippen molar-refractivity contribution < 1.29 is 9.63 Å². The normalized spacial score (nSPS) is 10.2. The Balaban J connectivity index is 1.84. The molecular weight excluding hydrogens is 228 g/mol. The molecule has 0 atom stereocenters. The van der Waals surface area contributed by atoms with Gasteiger partial charge in [0.15, 0.2) is 0 Å². The van der Waals surface area contributed by atoms with Crippen molar-refractivity contribution in [3.05, 3.63) is 66.2 Å². The average molecular weight is 240 g/mol. The number of amides is 1. The highest BCUT2D eigenvalue weighted by molar-refractivity contribution is 5.85. The maximum Gasteiger partial charge on any atom is 0.437 e. The van der Waals surface area contributed by atoms with E-state index in [9.17, 15) is 4.79 Å². The number of nitrogens with zero attached hydrogens (tertiary/aromatic N) is 1. The summed E-state index contributed by atoms with van der Waals surface area (Å²) in [4.78, 5) is 16.0. The van der Waals surface area contributed by atoms with Crippen LogP contribution < -0.4 is 5.32 Å². The monoisotopic (exact) mass is 240 g/mol. The topological polar surface area (TPSA) is 50.7 Å². The minimum Gasteiger partial charge on any atom is -0.298 e. The van der Waals surface area contributed by atoms with Crippen molar-refractivity contribution in [2.45, 2.75) is 0 Å². The lowest BCUT2D eigenvalue weighted by molar-refractivity contribution is 0.167. The van der Waals surface area contributed by atoms with Gasteiger partial charge in [-0.3, -0.25) is 10.2 Å². The molecule has 1 N–H and O–H groups in total. The summed E-state index contributed by atoms with van der Waals surface area (Å²) < 4.78 is 0. The summed E-state index contributed by atoms with van der Waals surface area (Å²) in [6.07, 6.45) is 0.860. The lowest BCUT2D eigenvalue weighted by atomic mass is 10.2. The van der Waals surface area contributed by atoms with Gasteiger partial charge in [-0.05, 0) is 17.7 Å². The molecule has 4 nitrogen and oxygen atoms in total. The van der Waals surface area contributed by atoms with Crippen molar-refractivity contribution in [1.29, 1.82) is 0 Å². The van der Waals surface area contributed by atoms with Crippen LogP contribution in [-0.2, 0) is 4.84 Å². The Bertz CT molecular complexity index is 524. The zero-order valence-corrected chi connectivity index (χ0v) is 9.61. The summed E-state index contributed by atoms with van der Waals surface area (Å²) in [5.74, 6) is 0. The van der Waals surface area contributed by atoms with Crippen molar-refractivity contribution in [3.63, 3.8) is 0 Å². The molecule has 0 aliphatic carbocycles. The molecule has 18 heavy (non-hydrogen) atoms. The highest BCUT2D eigenvalue weighted by Gasteiger charge is 2.00. The van der Waals surface area contributed by atoms with Crippen LogP contribution in [0, 0.1) is 0 Å². The molecule has 0 fully saturated rings. The molecule has 0 radical (unpaired) electrons. The van der Waals surface area contributed by atoms with E-state index in [0.717, 1.165) is 5.56 Å². The van der Waals surface area contributed by atoms with Gasteiger partial charge in [0.2, 0.25) is 0 Å². The van der Waals surface area contributed by atoms with E-state index >= 15 is 0 Å². The lowest BCUT2D eigenvalue weighted by Gasteiger charge is -2.01. The van der Waals surface area contributed by atoms with Gasteiger partial charge in [0.05, 0.1) is 6.21 Å². The number of carbonyl (C=O) groups is 1. The van der Waals surface area contributed by atoms with E-state index in [2.05, 4.69) is 15.3 Å². The molecular formula is C14H12N2O2. The molecule has 0 heterocycles. The van der Waals surface area contributed by atoms with Crippen molar-refractivity contribution in [2.75, 3.05) is 5.32 Å². The molecule has 0 unspecified atom stereocenters. The first kappa shape index (κ1) is 11.9. The predicted molar refractivity (Wildman–Crippen MR) is 70.6 cm³/mol. The van der Waals surface area contributed by atoms with Crippen LogP contribution in [0.4, 0.5) is 10.5 Å². The number of anilines is 1. The molecule has 2 rings (SSSR count). The van der Waals surface area contributed by atoms with E-state index in [4.69, 9.17) is 0 Å². The van der Waals surface area contributed by atoms with Crippen LogP contribution >= 0.6 is 0 Å². The lowest BCUT2D eigenvalue weighted by Crippen LogP contribution is -2.10. The third-order valence-electron chi connectivity index (χ3n) is 2.16. The number of nitrogens with one attached hydrogen (secondary N) is 1. The number of hydrogen-bond donors (Lipinski definition) is 1. The van der Waals surface area contributed by atoms with Gasteiger partial charge < -0.3 is 0 Å². The van der Waals surface area contributed by atoms with Crippen molar-refractivity contribution in [2.24, 2.45) is 5.16 Å². The Morgan fingerprint density at radius 3 is 2.28 bits per heavy atom. The maximum atomic E-state index is 11.4. The van der Waals surface area contributed by atoms with Crippen molar-refractivity contribution in [1.82, 2.24) is 0 Å². The molecule has 2 aromatic carbocycles. The summed E-state index contributed by atoms with van der Waals surface area (Å²) in [5.41, 5.74) is 1.53. The van der Waals surface area contributed by atoms with Crippen LogP contribution in [0.1, 0.15) is 5.56 Å². The Labute approximate surface area is 105 Å². The fourth-order valence-corrected chi connectivity index (χ4v) is 1.34. The second-order valence-electron chi connectivity index (χ2n) is 3.51. The number of para-hydroxylation sites is 1. The van der Waals surface area contributed by atoms with Gasteiger partial charge in [0.1, 0.15) is 0 Å². The summed E-state index contributed by atoms with van der Waals surface area (Å²) in [6, 6.07) is 18.4. The minimum atomic E-state index is -0.617. The minimum absolute atomic E-state index is 0.617. The van der Waals surface area contributed by atoms with Crippen LogP contribution in [0.2, 0.25) is 0 Å². The number of oxime groups is 1. The summed E-state index contributed by atoms with van der Waals surface area (Å²) in [6.45, 7) is 0. The second kappa shape index (κ2) is 6.20. The van der Waals surface area contributed by atoms with E-state index in [1.54, 1.807) is 12.1 Å². The quantitative estimate of drug-likeness (QED) is 0.508. The van der Waals surface area contributed by atoms with E-state index < -0.39 is 6.09 Å². The van der Waals surface area contributed by atoms with Crippen LogP contribution in [-0.4, -0.2) is 12.3 Å². The molecule has 90 valence electrons. The van der Waals surface area contributed by atoms with E-state index in [-0.39, 0.29) is 0 Å². The molecule has 2 aromatic rings. The highest BCUT2D eigenvalue weighted by atomic mass is 16.7. The van der Waals surface area contributed by atoms with Gasteiger partial charge in [-0.25, -0.2) is 4.79 Å². The smallest absolute Gasteiger partial charge is 0.298 e. The summed E-state index contributed by atoms with van der Waals surface area (Å²) in [7, 11) is 0. The number of benzene rings is 2. The van der Waals surface area contributed by atoms with Gasteiger partial charge >= 0.3 is 6.09 Å². The largest absolute Gasteiger partial charge is 0.437 e. The number of rotatable bonds is 3. The third-order valence-corrected chi connectivity index (χ3v) is 2.16. The molecule has 4 heteroatoms. The standard InChI is InChI=1S/C14H12N2O2/c17-14(16-13-9-5-2-6-10-13)18-15-11-12-7-3-1-4-8-12/h1-11H,(H,16,17)/b15-11+. The third kappa shape index (κ3) is 3.75. The van der Waals surface area contributed by atoms with Crippen LogP contribution in [0.25, 0.3) is 0 Å². The van der Waals surface area contributed by atoms with Crippen LogP contribution in [0.15, 0.2) is 65.8 Å². The SMILES string of the molecule is O=C(Nc1ccccc1)O/N=C/c1ccccc1. The second-order valence-corrected chi connectivity index (χ2v) is 3.51. The molecule has 0 aromatic heterocycles. The first-order chi connectivity index (χ1) is 8.84. The van der Waals surface area contributed by atoms with E-state index in [1.807, 2.05) is 48.5 Å². The summed E-state index contributed by atoms with van der Waals surface area (Å²) >= 11 is 0. The number of hydrogen-bond acceptors (Lipinski definition) is 3. The first-order valence-electron chi connectivity index (χ1n) is 5.46. The predicted octanol–water partition coefficient (Wildman–Crippen LogP) is 3.27. The van der Waals surface area contributed by atoms with E-state index in [0.29, 0.717) is 5.69 Å². The fourth-order valence-electron chi connectivity index (χ4n) is 1.34. The Kier molecular flexibility index (Phi) is 4.08. The highest BCUT2D eigenvalue weighted by Crippen LogP contribution is 2.05. The maximum absolute atomic E-state index is 11.4. The summed E-state index contributed by atoms with van der Waals surface area (Å²) in [5, 5.41) is 6.15. The van der Waals surface area contributed by atoms with Crippen LogP contribution in [0.3, 0.4) is 0 Å². The zero-order chi connectivity index (χ0) is 12.6. The molecule has 0 spiro atoms. The Hall–Kier alpha value is -2.62. The zero-order valence-electron chi connectivity index (χ0n) is 9.61. The van der Waals surface area contributed by atoms with Gasteiger partial charge in [-0.15, -0.1) is 0 Å². The molecule has 0 bridgehead atoms. The molecule has 0 saturated carbocycles. The van der Waals surface area contributed by atoms with Gasteiger partial charge in [-0.1, -0.05) is 53.7 Å². The van der Waals surface area contributed by atoms with Crippen molar-refractivity contribution >= 4 is 18.0 Å². The first-order valence-corrected chi connectivity index (χ1v) is 5.46. The van der Waals surface area contributed by atoms with Gasteiger partial charge in [0, 0.05) is 5.69 Å². The van der Waals surface area contributed by atoms with Crippen LogP contribution in [0.5, 0.6) is 0 Å². The Morgan fingerprint density at radius 1 is 1.00 bits per heavy atom. The molecule has 0 aliphatic heterocycles.